The second-order valence-electron chi connectivity index (χ2n) is 4.64. The van der Waals surface area contributed by atoms with Gasteiger partial charge in [0.1, 0.15) is 0 Å². The number of hydrogen-bond acceptors (Lipinski definition) is 1. The van der Waals surface area contributed by atoms with Crippen LogP contribution in [0.15, 0.2) is 6.20 Å². The molecule has 2 heterocycles. The van der Waals surface area contributed by atoms with Crippen molar-refractivity contribution in [3.8, 4) is 0 Å². The van der Waals surface area contributed by atoms with E-state index >= 15 is 0 Å². The lowest BCUT2D eigenvalue weighted by Crippen LogP contribution is -1.94. The van der Waals surface area contributed by atoms with Gasteiger partial charge in [-0.3, -0.25) is 4.79 Å². The molecule has 0 atom stereocenters. The molecule has 0 saturated carbocycles. The fraction of sp³-hybridized carbons (Fsp3) is 0.357. The smallest absolute Gasteiger partial charge is 0.166 e. The highest BCUT2D eigenvalue weighted by atomic mass is 16.1. The minimum atomic E-state index is 0.693. The molecule has 0 amide bonds. The maximum Gasteiger partial charge on any atom is 0.166 e. The van der Waals surface area contributed by atoms with Crippen LogP contribution in [-0.2, 0) is 6.42 Å². The highest BCUT2D eigenvalue weighted by Crippen LogP contribution is 2.21. The summed E-state index contributed by atoms with van der Waals surface area (Å²) < 4.78 is 0. The third kappa shape index (κ3) is 1.93. The number of H-pyrrole nitrogens is 2. The Labute approximate surface area is 101 Å². The van der Waals surface area contributed by atoms with Gasteiger partial charge in [-0.15, -0.1) is 0 Å². The molecule has 0 bridgehead atoms. The molecular weight excluding hydrogens is 212 g/mol. The number of carbonyl (C=O) groups excluding carboxylic acids is 1. The van der Waals surface area contributed by atoms with Gasteiger partial charge in [-0.2, -0.15) is 0 Å². The minimum absolute atomic E-state index is 0.693. The highest BCUT2D eigenvalue weighted by Gasteiger charge is 2.12. The van der Waals surface area contributed by atoms with Crippen LogP contribution in [0, 0.1) is 27.7 Å². The first-order valence-corrected chi connectivity index (χ1v) is 5.81. The summed E-state index contributed by atoms with van der Waals surface area (Å²) >= 11 is 0. The van der Waals surface area contributed by atoms with Crippen molar-refractivity contribution in [2.75, 3.05) is 0 Å². The van der Waals surface area contributed by atoms with Crippen LogP contribution in [0.1, 0.15) is 44.1 Å². The minimum Gasteiger partial charge on any atom is -0.364 e. The maximum absolute atomic E-state index is 10.9. The first-order chi connectivity index (χ1) is 8.04. The Bertz CT molecular complexity index is 561. The van der Waals surface area contributed by atoms with Crippen LogP contribution in [0.2, 0.25) is 0 Å². The SMILES string of the molecule is Cc1c[nH]c(Cc2[nH]c(C=O)c(C)c2C)c1C. The molecule has 2 aromatic heterocycles. The van der Waals surface area contributed by atoms with Gasteiger partial charge in [0.2, 0.25) is 0 Å². The Kier molecular flexibility index (Phi) is 2.92. The van der Waals surface area contributed by atoms with Crippen molar-refractivity contribution in [1.82, 2.24) is 9.97 Å². The largest absolute Gasteiger partial charge is 0.364 e. The van der Waals surface area contributed by atoms with Gasteiger partial charge in [0.25, 0.3) is 0 Å². The zero-order valence-electron chi connectivity index (χ0n) is 10.8. The number of rotatable bonds is 3. The van der Waals surface area contributed by atoms with Gasteiger partial charge in [0, 0.05) is 24.0 Å². The topological polar surface area (TPSA) is 48.6 Å². The van der Waals surface area contributed by atoms with Crippen LogP contribution in [-0.4, -0.2) is 16.3 Å². The van der Waals surface area contributed by atoms with Crippen molar-refractivity contribution in [2.45, 2.75) is 34.1 Å². The fourth-order valence-electron chi connectivity index (χ4n) is 2.08. The second-order valence-corrected chi connectivity index (χ2v) is 4.64. The van der Waals surface area contributed by atoms with E-state index in [2.05, 4.69) is 30.7 Å². The molecular formula is C14H18N2O. The highest BCUT2D eigenvalue weighted by molar-refractivity contribution is 5.75. The Hall–Kier alpha value is -1.77. The van der Waals surface area contributed by atoms with E-state index in [0.29, 0.717) is 5.69 Å². The molecule has 17 heavy (non-hydrogen) atoms. The molecule has 2 aromatic rings. The Morgan fingerprint density at radius 3 is 2.24 bits per heavy atom. The van der Waals surface area contributed by atoms with Crippen LogP contribution in [0.25, 0.3) is 0 Å². The van der Waals surface area contributed by atoms with Crippen molar-refractivity contribution in [3.63, 3.8) is 0 Å². The summed E-state index contributed by atoms with van der Waals surface area (Å²) in [5, 5.41) is 0. The summed E-state index contributed by atoms with van der Waals surface area (Å²) in [6.45, 7) is 8.25. The summed E-state index contributed by atoms with van der Waals surface area (Å²) in [5.74, 6) is 0. The summed E-state index contributed by atoms with van der Waals surface area (Å²) in [6.07, 6.45) is 3.73. The molecule has 2 N–H and O–H groups in total. The summed E-state index contributed by atoms with van der Waals surface area (Å²) in [7, 11) is 0. The molecule has 0 radical (unpaired) electrons. The average molecular weight is 230 g/mol. The van der Waals surface area contributed by atoms with Crippen LogP contribution >= 0.6 is 0 Å². The van der Waals surface area contributed by atoms with E-state index in [1.165, 1.54) is 22.4 Å². The predicted molar refractivity (Wildman–Crippen MR) is 68.7 cm³/mol. The van der Waals surface area contributed by atoms with Gasteiger partial charge < -0.3 is 9.97 Å². The van der Waals surface area contributed by atoms with E-state index in [1.807, 2.05) is 13.1 Å². The Balaban J connectivity index is 2.36. The average Bonchev–Trinajstić information content (AvgIpc) is 2.77. The first-order valence-electron chi connectivity index (χ1n) is 5.81. The van der Waals surface area contributed by atoms with Gasteiger partial charge in [0.05, 0.1) is 5.69 Å². The first kappa shape index (κ1) is 11.7. The van der Waals surface area contributed by atoms with Gasteiger partial charge in [-0.25, -0.2) is 0 Å². The van der Waals surface area contributed by atoms with Crippen LogP contribution in [0.4, 0.5) is 0 Å². The standard InChI is InChI=1S/C14H18N2O/c1-8-6-15-12(9(8)2)5-13-10(3)11(4)14(7-17)16-13/h6-7,15-16H,5H2,1-4H3. The summed E-state index contributed by atoms with van der Waals surface area (Å²) in [4.78, 5) is 17.4. The zero-order valence-corrected chi connectivity index (χ0v) is 10.8. The van der Waals surface area contributed by atoms with E-state index in [0.717, 1.165) is 24.0 Å². The van der Waals surface area contributed by atoms with Gasteiger partial charge >= 0.3 is 0 Å². The predicted octanol–water partition coefficient (Wildman–Crippen LogP) is 2.98. The van der Waals surface area contributed by atoms with Crippen LogP contribution in [0.5, 0.6) is 0 Å². The number of carbonyl (C=O) groups is 1. The maximum atomic E-state index is 10.9. The van der Waals surface area contributed by atoms with E-state index in [4.69, 9.17) is 0 Å². The van der Waals surface area contributed by atoms with Crippen LogP contribution < -0.4 is 0 Å². The van der Waals surface area contributed by atoms with E-state index in [-0.39, 0.29) is 0 Å². The van der Waals surface area contributed by atoms with Gasteiger partial charge in [0.15, 0.2) is 6.29 Å². The van der Waals surface area contributed by atoms with E-state index in [1.54, 1.807) is 0 Å². The quantitative estimate of drug-likeness (QED) is 0.782. The molecule has 3 nitrogen and oxygen atoms in total. The van der Waals surface area contributed by atoms with Crippen molar-refractivity contribution < 1.29 is 4.79 Å². The van der Waals surface area contributed by atoms with Gasteiger partial charge in [-0.05, 0) is 49.9 Å². The molecule has 2 rings (SSSR count). The zero-order chi connectivity index (χ0) is 12.6. The van der Waals surface area contributed by atoms with Crippen molar-refractivity contribution in [2.24, 2.45) is 0 Å². The number of hydrogen-bond donors (Lipinski definition) is 2. The van der Waals surface area contributed by atoms with Crippen LogP contribution in [0.3, 0.4) is 0 Å². The lowest BCUT2D eigenvalue weighted by Gasteiger charge is -2.01. The normalized spacial score (nSPS) is 10.8. The van der Waals surface area contributed by atoms with E-state index in [9.17, 15) is 4.79 Å². The monoisotopic (exact) mass is 230 g/mol. The molecule has 90 valence electrons. The van der Waals surface area contributed by atoms with Crippen molar-refractivity contribution >= 4 is 6.29 Å². The summed E-state index contributed by atoms with van der Waals surface area (Å²) in [5.41, 5.74) is 7.83. The van der Waals surface area contributed by atoms with Crippen molar-refractivity contribution in [1.29, 1.82) is 0 Å². The molecule has 0 unspecified atom stereocenters. The molecule has 3 heteroatoms. The molecule has 0 spiro atoms. The Morgan fingerprint density at radius 1 is 1.06 bits per heavy atom. The number of aromatic amines is 2. The molecule has 0 aliphatic rings. The fourth-order valence-corrected chi connectivity index (χ4v) is 2.08. The lowest BCUT2D eigenvalue weighted by atomic mass is 10.1. The van der Waals surface area contributed by atoms with Gasteiger partial charge in [-0.1, -0.05) is 0 Å². The number of nitrogens with one attached hydrogen (secondary N) is 2. The molecule has 0 saturated heterocycles. The molecule has 0 aromatic carbocycles. The second kappa shape index (κ2) is 4.24. The Morgan fingerprint density at radius 2 is 1.76 bits per heavy atom. The number of aromatic nitrogens is 2. The molecule has 0 aliphatic heterocycles. The number of aldehydes is 1. The van der Waals surface area contributed by atoms with Crippen molar-refractivity contribution in [3.05, 3.63) is 45.5 Å². The molecule has 0 aliphatic carbocycles. The third-order valence-electron chi connectivity index (χ3n) is 3.68. The lowest BCUT2D eigenvalue weighted by molar-refractivity contribution is 0.111. The molecule has 0 fully saturated rings. The summed E-state index contributed by atoms with van der Waals surface area (Å²) in [6, 6.07) is 0. The third-order valence-corrected chi connectivity index (χ3v) is 3.68. The van der Waals surface area contributed by atoms with E-state index < -0.39 is 0 Å². The number of aryl methyl sites for hydroxylation is 1.